The van der Waals surface area contributed by atoms with Crippen molar-refractivity contribution < 1.29 is 19.2 Å². The van der Waals surface area contributed by atoms with E-state index in [1.807, 2.05) is 6.07 Å². The minimum atomic E-state index is -0.729. The summed E-state index contributed by atoms with van der Waals surface area (Å²) in [6.07, 6.45) is 0. The van der Waals surface area contributed by atoms with Crippen LogP contribution in [0.1, 0.15) is 10.4 Å². The summed E-state index contributed by atoms with van der Waals surface area (Å²) in [6, 6.07) is 8.63. The lowest BCUT2D eigenvalue weighted by molar-refractivity contribution is -0.143. The fourth-order valence-corrected chi connectivity index (χ4v) is 1.58. The number of oxime groups is 1. The number of nitrogens with zero attached hydrogens (tertiary/aromatic N) is 1. The third-order valence-electron chi connectivity index (χ3n) is 2.49. The van der Waals surface area contributed by atoms with E-state index in [0.29, 0.717) is 5.56 Å². The van der Waals surface area contributed by atoms with Crippen molar-refractivity contribution in [3.8, 4) is 0 Å². The Balaban J connectivity index is 2.23. The molecular formula is C12H11NO4. The van der Waals surface area contributed by atoms with Gasteiger partial charge >= 0.3 is 5.97 Å². The molecule has 0 bridgehead atoms. The van der Waals surface area contributed by atoms with Crippen LogP contribution in [0.25, 0.3) is 0 Å². The van der Waals surface area contributed by atoms with Crippen molar-refractivity contribution in [1.82, 2.24) is 0 Å². The third kappa shape index (κ3) is 2.18. The van der Waals surface area contributed by atoms with Crippen LogP contribution in [0.4, 0.5) is 0 Å². The standard InChI is InChI=1S/C12H11NO4/c1-16-12(15)9-7-17-13-10(9)11(14)8-5-3-2-4-6-8/h2-6,9H,7H2,1H3. The van der Waals surface area contributed by atoms with Crippen LogP contribution in [-0.4, -0.2) is 31.2 Å². The predicted molar refractivity (Wildman–Crippen MR) is 59.7 cm³/mol. The fourth-order valence-electron chi connectivity index (χ4n) is 1.58. The molecule has 0 aromatic heterocycles. The van der Waals surface area contributed by atoms with Gasteiger partial charge in [-0.15, -0.1) is 0 Å². The van der Waals surface area contributed by atoms with E-state index in [0.717, 1.165) is 0 Å². The predicted octanol–water partition coefficient (Wildman–Crippen LogP) is 1.04. The minimum Gasteiger partial charge on any atom is -0.468 e. The number of rotatable bonds is 3. The molecule has 0 fully saturated rings. The van der Waals surface area contributed by atoms with Gasteiger partial charge in [0.05, 0.1) is 7.11 Å². The van der Waals surface area contributed by atoms with Crippen LogP contribution in [0, 0.1) is 5.92 Å². The van der Waals surface area contributed by atoms with Crippen molar-refractivity contribution in [3.05, 3.63) is 35.9 Å². The molecule has 0 N–H and O–H groups in total. The van der Waals surface area contributed by atoms with E-state index in [-0.39, 0.29) is 18.1 Å². The number of carbonyl (C=O) groups is 2. The van der Waals surface area contributed by atoms with E-state index in [2.05, 4.69) is 9.89 Å². The molecule has 1 aliphatic heterocycles. The van der Waals surface area contributed by atoms with Gasteiger partial charge in [-0.1, -0.05) is 35.5 Å². The highest BCUT2D eigenvalue weighted by molar-refractivity contribution is 6.49. The molecule has 5 heteroatoms. The molecule has 17 heavy (non-hydrogen) atoms. The van der Waals surface area contributed by atoms with Crippen molar-refractivity contribution in [2.24, 2.45) is 11.1 Å². The monoisotopic (exact) mass is 233 g/mol. The Morgan fingerprint density at radius 1 is 1.35 bits per heavy atom. The molecule has 5 nitrogen and oxygen atoms in total. The van der Waals surface area contributed by atoms with E-state index < -0.39 is 11.9 Å². The maximum absolute atomic E-state index is 12.1. The maximum atomic E-state index is 12.1. The molecule has 1 atom stereocenters. The Kier molecular flexibility index (Phi) is 3.18. The normalized spacial score (nSPS) is 18.2. The second-order valence-corrected chi connectivity index (χ2v) is 3.54. The summed E-state index contributed by atoms with van der Waals surface area (Å²) >= 11 is 0. The Morgan fingerprint density at radius 2 is 2.06 bits per heavy atom. The summed E-state index contributed by atoms with van der Waals surface area (Å²) in [4.78, 5) is 28.3. The van der Waals surface area contributed by atoms with Crippen molar-refractivity contribution in [2.75, 3.05) is 13.7 Å². The van der Waals surface area contributed by atoms with Crippen LogP contribution in [0.5, 0.6) is 0 Å². The quantitative estimate of drug-likeness (QED) is 0.578. The van der Waals surface area contributed by atoms with Gasteiger partial charge in [0.25, 0.3) is 0 Å². The van der Waals surface area contributed by atoms with Gasteiger partial charge in [0.15, 0.2) is 0 Å². The summed E-state index contributed by atoms with van der Waals surface area (Å²) in [5, 5.41) is 3.63. The van der Waals surface area contributed by atoms with Gasteiger partial charge in [0.2, 0.25) is 5.78 Å². The molecule has 1 unspecified atom stereocenters. The number of ketones is 1. The van der Waals surface area contributed by atoms with Crippen LogP contribution in [0.15, 0.2) is 35.5 Å². The lowest BCUT2D eigenvalue weighted by Gasteiger charge is -2.06. The molecule has 1 aromatic carbocycles. The van der Waals surface area contributed by atoms with Crippen LogP contribution in [0.2, 0.25) is 0 Å². The fraction of sp³-hybridized carbons (Fsp3) is 0.250. The molecule has 2 rings (SSSR count). The molecule has 0 saturated heterocycles. The molecule has 0 aliphatic carbocycles. The molecule has 0 spiro atoms. The highest BCUT2D eigenvalue weighted by Crippen LogP contribution is 2.16. The Morgan fingerprint density at radius 3 is 2.71 bits per heavy atom. The van der Waals surface area contributed by atoms with Crippen LogP contribution >= 0.6 is 0 Å². The number of ether oxygens (including phenoxy) is 1. The highest BCUT2D eigenvalue weighted by atomic mass is 16.6. The van der Waals surface area contributed by atoms with Gasteiger partial charge in [0.1, 0.15) is 18.2 Å². The van der Waals surface area contributed by atoms with Gasteiger partial charge in [-0.2, -0.15) is 0 Å². The number of esters is 1. The number of carbonyl (C=O) groups excluding carboxylic acids is 2. The van der Waals surface area contributed by atoms with Crippen LogP contribution in [0.3, 0.4) is 0 Å². The third-order valence-corrected chi connectivity index (χ3v) is 2.49. The van der Waals surface area contributed by atoms with Gasteiger partial charge in [-0.05, 0) is 0 Å². The molecule has 88 valence electrons. The first-order valence-corrected chi connectivity index (χ1v) is 5.11. The van der Waals surface area contributed by atoms with E-state index >= 15 is 0 Å². The minimum absolute atomic E-state index is 0.0561. The average Bonchev–Trinajstić information content (AvgIpc) is 2.87. The zero-order valence-corrected chi connectivity index (χ0v) is 9.25. The molecule has 1 aliphatic rings. The van der Waals surface area contributed by atoms with E-state index in [1.54, 1.807) is 24.3 Å². The topological polar surface area (TPSA) is 65.0 Å². The Labute approximate surface area is 98.0 Å². The number of benzene rings is 1. The van der Waals surface area contributed by atoms with Crippen molar-refractivity contribution in [3.63, 3.8) is 0 Å². The smallest absolute Gasteiger partial charge is 0.318 e. The first-order valence-electron chi connectivity index (χ1n) is 5.11. The number of Topliss-reactive ketones (excluding diaryl/α,β-unsaturated/α-hetero) is 1. The molecular weight excluding hydrogens is 222 g/mol. The van der Waals surface area contributed by atoms with Crippen molar-refractivity contribution >= 4 is 17.5 Å². The summed E-state index contributed by atoms with van der Waals surface area (Å²) in [7, 11) is 1.27. The number of methoxy groups -OCH3 is 1. The maximum Gasteiger partial charge on any atom is 0.318 e. The molecule has 0 saturated carbocycles. The van der Waals surface area contributed by atoms with Gasteiger partial charge in [-0.3, -0.25) is 9.59 Å². The van der Waals surface area contributed by atoms with Gasteiger partial charge in [0, 0.05) is 5.56 Å². The summed E-state index contributed by atoms with van der Waals surface area (Å²) < 4.78 is 4.60. The zero-order chi connectivity index (χ0) is 12.3. The lowest BCUT2D eigenvalue weighted by Crippen LogP contribution is -2.30. The van der Waals surface area contributed by atoms with Crippen LogP contribution in [-0.2, 0) is 14.4 Å². The molecule has 0 amide bonds. The average molecular weight is 233 g/mol. The second-order valence-electron chi connectivity index (χ2n) is 3.54. The number of hydrogen-bond acceptors (Lipinski definition) is 5. The first kappa shape index (κ1) is 11.3. The Bertz CT molecular complexity index is 467. The summed E-state index contributed by atoms with van der Waals surface area (Å²) in [5.74, 6) is -1.54. The van der Waals surface area contributed by atoms with E-state index in [4.69, 9.17) is 4.84 Å². The van der Waals surface area contributed by atoms with Crippen molar-refractivity contribution in [2.45, 2.75) is 0 Å². The largest absolute Gasteiger partial charge is 0.468 e. The van der Waals surface area contributed by atoms with E-state index in [9.17, 15) is 9.59 Å². The number of hydrogen-bond donors (Lipinski definition) is 0. The van der Waals surface area contributed by atoms with Crippen molar-refractivity contribution in [1.29, 1.82) is 0 Å². The Hall–Kier alpha value is -2.17. The first-order chi connectivity index (χ1) is 8.24. The molecule has 1 aromatic rings. The van der Waals surface area contributed by atoms with Crippen LogP contribution < -0.4 is 0 Å². The van der Waals surface area contributed by atoms with E-state index in [1.165, 1.54) is 7.11 Å². The van der Waals surface area contributed by atoms with Gasteiger partial charge in [-0.25, -0.2) is 0 Å². The highest BCUT2D eigenvalue weighted by Gasteiger charge is 2.36. The summed E-state index contributed by atoms with van der Waals surface area (Å²) in [5.41, 5.74) is 0.578. The lowest BCUT2D eigenvalue weighted by atomic mass is 9.97. The van der Waals surface area contributed by atoms with Gasteiger partial charge < -0.3 is 9.57 Å². The second kappa shape index (κ2) is 4.78. The summed E-state index contributed by atoms with van der Waals surface area (Å²) in [6.45, 7) is 0.0561. The SMILES string of the molecule is COC(=O)C1CON=C1C(=O)c1ccccc1. The molecule has 0 radical (unpaired) electrons. The zero-order valence-electron chi connectivity index (χ0n) is 9.25. The molecule has 1 heterocycles.